The summed E-state index contributed by atoms with van der Waals surface area (Å²) in [5, 5.41) is 4.17. The van der Waals surface area contributed by atoms with Crippen molar-refractivity contribution < 1.29 is 0 Å². The minimum Gasteiger partial charge on any atom is -0.382 e. The van der Waals surface area contributed by atoms with Crippen molar-refractivity contribution in [3.63, 3.8) is 0 Å². The van der Waals surface area contributed by atoms with Crippen molar-refractivity contribution in [3.05, 3.63) is 17.8 Å². The van der Waals surface area contributed by atoms with Gasteiger partial charge in [-0.05, 0) is 12.1 Å². The molecular weight excluding hydrogens is 190 g/mol. The fourth-order valence-electron chi connectivity index (χ4n) is 1.60. The molecule has 2 rings (SSSR count). The second kappa shape index (κ2) is 2.85. The highest BCUT2D eigenvalue weighted by molar-refractivity contribution is 5.67. The van der Waals surface area contributed by atoms with Crippen molar-refractivity contribution in [2.45, 2.75) is 26.2 Å². The Kier molecular flexibility index (Phi) is 1.86. The smallest absolute Gasteiger partial charge is 0.240 e. The second-order valence-corrected chi connectivity index (χ2v) is 4.62. The molecule has 0 fully saturated rings. The monoisotopic (exact) mass is 205 g/mol. The van der Waals surface area contributed by atoms with Gasteiger partial charge < -0.3 is 11.5 Å². The first kappa shape index (κ1) is 9.76. The zero-order valence-electron chi connectivity index (χ0n) is 9.15. The minimum absolute atomic E-state index is 0.000347. The Bertz CT molecular complexity index is 506. The van der Waals surface area contributed by atoms with Gasteiger partial charge in [0.15, 0.2) is 5.82 Å². The Morgan fingerprint density at radius 1 is 1.20 bits per heavy atom. The van der Waals surface area contributed by atoms with Crippen LogP contribution in [0, 0.1) is 0 Å². The number of nitrogens with two attached hydrogens (primary N) is 2. The summed E-state index contributed by atoms with van der Waals surface area (Å²) in [5.41, 5.74) is 13.2. The Labute approximate surface area is 88.1 Å². The highest BCUT2D eigenvalue weighted by atomic mass is 15.3. The summed E-state index contributed by atoms with van der Waals surface area (Å²) < 4.78 is 1.76. The highest BCUT2D eigenvalue weighted by Gasteiger charge is 2.19. The first-order valence-electron chi connectivity index (χ1n) is 4.81. The van der Waals surface area contributed by atoms with Crippen molar-refractivity contribution >= 4 is 17.3 Å². The molecule has 0 radical (unpaired) electrons. The third kappa shape index (κ3) is 1.49. The number of aromatic nitrogens is 3. The second-order valence-electron chi connectivity index (χ2n) is 4.62. The van der Waals surface area contributed by atoms with Crippen molar-refractivity contribution in [2.24, 2.45) is 0 Å². The number of nitrogen functional groups attached to an aromatic ring is 2. The third-order valence-electron chi connectivity index (χ3n) is 2.32. The average molecular weight is 205 g/mol. The minimum atomic E-state index is -0.000347. The molecule has 0 unspecified atom stereocenters. The standard InChI is InChI=1S/C10H15N5/c1-10(2,3)7-5-4-6-8(11)13-9(12)14-15(6)7/h4-5H,1-3H3,(H4,11,12,13,14). The maximum absolute atomic E-state index is 5.76. The molecule has 0 saturated carbocycles. The van der Waals surface area contributed by atoms with Crippen molar-refractivity contribution in [1.82, 2.24) is 14.6 Å². The molecular formula is C10H15N5. The Hall–Kier alpha value is -1.78. The molecule has 0 aliphatic heterocycles. The highest BCUT2D eigenvalue weighted by Crippen LogP contribution is 2.25. The quantitative estimate of drug-likeness (QED) is 0.676. The Morgan fingerprint density at radius 2 is 1.87 bits per heavy atom. The Morgan fingerprint density at radius 3 is 2.47 bits per heavy atom. The van der Waals surface area contributed by atoms with Crippen LogP contribution < -0.4 is 11.5 Å². The van der Waals surface area contributed by atoms with Crippen molar-refractivity contribution in [3.8, 4) is 0 Å². The summed E-state index contributed by atoms with van der Waals surface area (Å²) in [4.78, 5) is 3.92. The molecule has 0 aliphatic carbocycles. The number of rotatable bonds is 0. The summed E-state index contributed by atoms with van der Waals surface area (Å²) in [7, 11) is 0. The topological polar surface area (TPSA) is 82.2 Å². The molecule has 0 spiro atoms. The van der Waals surface area contributed by atoms with Gasteiger partial charge in [-0.25, -0.2) is 4.52 Å². The molecule has 15 heavy (non-hydrogen) atoms. The predicted octanol–water partition coefficient (Wildman–Crippen LogP) is 1.19. The zero-order valence-corrected chi connectivity index (χ0v) is 9.15. The molecule has 2 aromatic heterocycles. The van der Waals surface area contributed by atoms with E-state index >= 15 is 0 Å². The van der Waals surface area contributed by atoms with E-state index in [1.54, 1.807) is 4.52 Å². The number of nitrogens with zero attached hydrogens (tertiary/aromatic N) is 3. The summed E-state index contributed by atoms with van der Waals surface area (Å²) in [6, 6.07) is 3.91. The van der Waals surface area contributed by atoms with Crippen LogP contribution in [0.1, 0.15) is 26.5 Å². The van der Waals surface area contributed by atoms with Gasteiger partial charge in [-0.15, -0.1) is 5.10 Å². The molecule has 2 heterocycles. The molecule has 0 aliphatic rings. The van der Waals surface area contributed by atoms with E-state index in [4.69, 9.17) is 11.5 Å². The van der Waals surface area contributed by atoms with E-state index in [2.05, 4.69) is 30.9 Å². The van der Waals surface area contributed by atoms with Gasteiger partial charge in [0.25, 0.3) is 0 Å². The van der Waals surface area contributed by atoms with Gasteiger partial charge in [0, 0.05) is 11.1 Å². The van der Waals surface area contributed by atoms with Crippen LogP contribution in [0.5, 0.6) is 0 Å². The number of hydrogen-bond donors (Lipinski definition) is 2. The van der Waals surface area contributed by atoms with E-state index in [1.165, 1.54) is 0 Å². The summed E-state index contributed by atoms with van der Waals surface area (Å²) in [6.45, 7) is 6.34. The molecule has 0 amide bonds. The number of hydrogen-bond acceptors (Lipinski definition) is 4. The largest absolute Gasteiger partial charge is 0.382 e. The van der Waals surface area contributed by atoms with E-state index in [0.29, 0.717) is 5.82 Å². The van der Waals surface area contributed by atoms with Gasteiger partial charge in [0.1, 0.15) is 5.52 Å². The van der Waals surface area contributed by atoms with Crippen LogP contribution in [0.4, 0.5) is 11.8 Å². The maximum Gasteiger partial charge on any atom is 0.240 e. The SMILES string of the molecule is CC(C)(C)c1ccc2c(N)nc(N)nn12. The van der Waals surface area contributed by atoms with E-state index in [0.717, 1.165) is 11.2 Å². The van der Waals surface area contributed by atoms with Gasteiger partial charge in [-0.2, -0.15) is 4.98 Å². The van der Waals surface area contributed by atoms with Gasteiger partial charge in [-0.3, -0.25) is 0 Å². The van der Waals surface area contributed by atoms with Crippen LogP contribution >= 0.6 is 0 Å². The lowest BCUT2D eigenvalue weighted by Gasteiger charge is -2.17. The lowest BCUT2D eigenvalue weighted by molar-refractivity contribution is 0.551. The summed E-state index contributed by atoms with van der Waals surface area (Å²) in [5.74, 6) is 0.611. The number of fused-ring (bicyclic) bond motifs is 1. The molecule has 80 valence electrons. The third-order valence-corrected chi connectivity index (χ3v) is 2.32. The zero-order chi connectivity index (χ0) is 11.2. The van der Waals surface area contributed by atoms with E-state index < -0.39 is 0 Å². The van der Waals surface area contributed by atoms with Crippen molar-refractivity contribution in [2.75, 3.05) is 11.5 Å². The van der Waals surface area contributed by atoms with Crippen LogP contribution in [0.25, 0.3) is 5.52 Å². The number of anilines is 2. The van der Waals surface area contributed by atoms with Gasteiger partial charge in [0.2, 0.25) is 5.95 Å². The molecule has 2 aromatic rings. The van der Waals surface area contributed by atoms with Gasteiger partial charge >= 0.3 is 0 Å². The predicted molar refractivity (Wildman–Crippen MR) is 60.5 cm³/mol. The van der Waals surface area contributed by atoms with Crippen LogP contribution in [0.15, 0.2) is 12.1 Å². The first-order chi connectivity index (χ1) is 6.89. The van der Waals surface area contributed by atoms with Gasteiger partial charge in [-0.1, -0.05) is 20.8 Å². The van der Waals surface area contributed by atoms with Crippen LogP contribution in [0.2, 0.25) is 0 Å². The molecule has 5 nitrogen and oxygen atoms in total. The van der Waals surface area contributed by atoms with Crippen LogP contribution in [-0.4, -0.2) is 14.6 Å². The van der Waals surface area contributed by atoms with E-state index in [9.17, 15) is 0 Å². The maximum atomic E-state index is 5.76. The molecule has 0 bridgehead atoms. The van der Waals surface area contributed by atoms with Crippen LogP contribution in [0.3, 0.4) is 0 Å². The Balaban J connectivity index is 2.80. The average Bonchev–Trinajstić information content (AvgIpc) is 2.45. The summed E-state index contributed by atoms with van der Waals surface area (Å²) >= 11 is 0. The molecule has 5 heteroatoms. The van der Waals surface area contributed by atoms with E-state index in [1.807, 2.05) is 12.1 Å². The molecule has 4 N–H and O–H groups in total. The van der Waals surface area contributed by atoms with Crippen LogP contribution in [-0.2, 0) is 5.41 Å². The van der Waals surface area contributed by atoms with Crippen molar-refractivity contribution in [1.29, 1.82) is 0 Å². The molecule has 0 saturated heterocycles. The first-order valence-corrected chi connectivity index (χ1v) is 4.81. The van der Waals surface area contributed by atoms with Gasteiger partial charge in [0.05, 0.1) is 0 Å². The van der Waals surface area contributed by atoms with E-state index in [-0.39, 0.29) is 11.4 Å². The fourth-order valence-corrected chi connectivity index (χ4v) is 1.60. The summed E-state index contributed by atoms with van der Waals surface area (Å²) in [6.07, 6.45) is 0. The normalized spacial score (nSPS) is 12.2. The lowest BCUT2D eigenvalue weighted by Crippen LogP contribution is -2.17. The lowest BCUT2D eigenvalue weighted by atomic mass is 9.93. The molecule has 0 atom stereocenters. The molecule has 0 aromatic carbocycles. The fraction of sp³-hybridized carbons (Fsp3) is 0.400.